The molecule has 0 aromatic rings. The van der Waals surface area contributed by atoms with Crippen LogP contribution in [0.3, 0.4) is 0 Å². The molecule has 0 aromatic carbocycles. The lowest BCUT2D eigenvalue weighted by atomic mass is 10.0. The summed E-state index contributed by atoms with van der Waals surface area (Å²) in [6.07, 6.45) is 2.41. The van der Waals surface area contributed by atoms with Crippen LogP contribution in [0.5, 0.6) is 0 Å². The molecule has 0 amide bonds. The van der Waals surface area contributed by atoms with Gasteiger partial charge in [-0.1, -0.05) is 26.7 Å². The predicted molar refractivity (Wildman–Crippen MR) is 112 cm³/mol. The quantitative estimate of drug-likeness (QED) is 0.346. The molecule has 1 saturated heterocycles. The van der Waals surface area contributed by atoms with Crippen LogP contribution in [0.25, 0.3) is 0 Å². The van der Waals surface area contributed by atoms with Crippen molar-refractivity contribution in [3.05, 3.63) is 0 Å². The van der Waals surface area contributed by atoms with Crippen LogP contribution >= 0.6 is 24.0 Å². The van der Waals surface area contributed by atoms with Crippen molar-refractivity contribution in [3.63, 3.8) is 0 Å². The van der Waals surface area contributed by atoms with Crippen molar-refractivity contribution in [2.24, 2.45) is 10.9 Å². The van der Waals surface area contributed by atoms with E-state index >= 15 is 0 Å². The molecule has 5 nitrogen and oxygen atoms in total. The molecule has 6 heteroatoms. The van der Waals surface area contributed by atoms with Gasteiger partial charge in [-0.3, -0.25) is 9.89 Å². The molecule has 0 aromatic heterocycles. The number of nitrogens with one attached hydrogen (secondary N) is 2. The molecular formula is C17H38IN5. The Balaban J connectivity index is 0.00000484. The van der Waals surface area contributed by atoms with E-state index in [0.29, 0.717) is 12.0 Å². The molecule has 1 heterocycles. The number of piperazine rings is 1. The van der Waals surface area contributed by atoms with Crippen LogP contribution in [0.1, 0.15) is 40.5 Å². The molecule has 1 atom stereocenters. The van der Waals surface area contributed by atoms with Crippen molar-refractivity contribution in [2.45, 2.75) is 46.6 Å². The Morgan fingerprint density at radius 2 is 1.65 bits per heavy atom. The summed E-state index contributed by atoms with van der Waals surface area (Å²) in [4.78, 5) is 9.72. The molecule has 23 heavy (non-hydrogen) atoms. The van der Waals surface area contributed by atoms with Crippen LogP contribution in [-0.4, -0.2) is 74.7 Å². The topological polar surface area (TPSA) is 42.9 Å². The molecule has 1 rings (SSSR count). The van der Waals surface area contributed by atoms with E-state index in [1.807, 2.05) is 0 Å². The minimum absolute atomic E-state index is 0. The molecule has 2 N–H and O–H groups in total. The van der Waals surface area contributed by atoms with E-state index in [-0.39, 0.29) is 24.0 Å². The van der Waals surface area contributed by atoms with Gasteiger partial charge in [0.1, 0.15) is 0 Å². The number of likely N-dealkylation sites (N-methyl/N-ethyl adjacent to an activating group) is 1. The van der Waals surface area contributed by atoms with Crippen molar-refractivity contribution in [1.29, 1.82) is 0 Å². The Labute approximate surface area is 160 Å². The number of hydrogen-bond donors (Lipinski definition) is 2. The van der Waals surface area contributed by atoms with Crippen LogP contribution in [-0.2, 0) is 0 Å². The van der Waals surface area contributed by atoms with E-state index in [1.165, 1.54) is 39.0 Å². The fourth-order valence-electron chi connectivity index (χ4n) is 2.75. The first kappa shape index (κ1) is 22.9. The van der Waals surface area contributed by atoms with Gasteiger partial charge in [0, 0.05) is 51.9 Å². The van der Waals surface area contributed by atoms with Gasteiger partial charge in [0.2, 0.25) is 0 Å². The standard InChI is InChI=1S/C17H37N5.HI/c1-6-16(7-2)14-20-17(18-8-3)19-13-15(4)22-11-9-21(5)10-12-22;/h15-16H,6-14H2,1-5H3,(H2,18,19,20);1H. The summed E-state index contributed by atoms with van der Waals surface area (Å²) < 4.78 is 0. The number of rotatable bonds is 8. The summed E-state index contributed by atoms with van der Waals surface area (Å²) in [6, 6.07) is 0.547. The van der Waals surface area contributed by atoms with Crippen LogP contribution in [0.2, 0.25) is 0 Å². The summed E-state index contributed by atoms with van der Waals surface area (Å²) >= 11 is 0. The van der Waals surface area contributed by atoms with Gasteiger partial charge >= 0.3 is 0 Å². The normalized spacial score (nSPS) is 18.6. The molecule has 1 unspecified atom stereocenters. The first-order valence-corrected chi connectivity index (χ1v) is 9.05. The molecule has 0 saturated carbocycles. The van der Waals surface area contributed by atoms with Gasteiger partial charge in [-0.25, -0.2) is 0 Å². The third-order valence-electron chi connectivity index (χ3n) is 4.73. The number of nitrogens with zero attached hydrogens (tertiary/aromatic N) is 3. The first-order valence-electron chi connectivity index (χ1n) is 9.05. The highest BCUT2D eigenvalue weighted by Crippen LogP contribution is 2.07. The molecule has 0 aliphatic carbocycles. The molecular weight excluding hydrogens is 401 g/mol. The molecule has 0 spiro atoms. The maximum absolute atomic E-state index is 4.75. The number of hydrogen-bond acceptors (Lipinski definition) is 3. The van der Waals surface area contributed by atoms with E-state index in [0.717, 1.165) is 25.6 Å². The summed E-state index contributed by atoms with van der Waals surface area (Å²) in [5, 5.41) is 6.88. The zero-order chi connectivity index (χ0) is 16.4. The average molecular weight is 439 g/mol. The second-order valence-electron chi connectivity index (χ2n) is 6.47. The summed E-state index contributed by atoms with van der Waals surface area (Å²) in [5.74, 6) is 1.67. The molecule has 138 valence electrons. The first-order chi connectivity index (χ1) is 10.6. The summed E-state index contributed by atoms with van der Waals surface area (Å²) in [5.41, 5.74) is 0. The van der Waals surface area contributed by atoms with E-state index in [9.17, 15) is 0 Å². The lowest BCUT2D eigenvalue weighted by Gasteiger charge is -2.36. The Morgan fingerprint density at radius 1 is 1.04 bits per heavy atom. The Kier molecular flexibility index (Phi) is 13.2. The maximum Gasteiger partial charge on any atom is 0.191 e. The monoisotopic (exact) mass is 439 g/mol. The largest absolute Gasteiger partial charge is 0.357 e. The molecule has 1 aliphatic heterocycles. The van der Waals surface area contributed by atoms with Gasteiger partial charge in [-0.05, 0) is 26.8 Å². The Hall–Kier alpha value is -0.0800. The highest BCUT2D eigenvalue weighted by atomic mass is 127. The van der Waals surface area contributed by atoms with Crippen molar-refractivity contribution < 1.29 is 0 Å². The predicted octanol–water partition coefficient (Wildman–Crippen LogP) is 2.23. The highest BCUT2D eigenvalue weighted by molar-refractivity contribution is 14.0. The lowest BCUT2D eigenvalue weighted by molar-refractivity contribution is 0.120. The zero-order valence-corrected chi connectivity index (χ0v) is 18.1. The summed E-state index contributed by atoms with van der Waals surface area (Å²) in [7, 11) is 2.20. The van der Waals surface area contributed by atoms with Gasteiger partial charge in [-0.2, -0.15) is 0 Å². The van der Waals surface area contributed by atoms with Gasteiger partial charge in [0.25, 0.3) is 0 Å². The second-order valence-corrected chi connectivity index (χ2v) is 6.47. The zero-order valence-electron chi connectivity index (χ0n) is 15.8. The SMILES string of the molecule is CCNC(=NCC(CC)CC)NCC(C)N1CCN(C)CC1.I. The maximum atomic E-state index is 4.75. The number of aliphatic imine (C=N–C) groups is 1. The van der Waals surface area contributed by atoms with Crippen LogP contribution < -0.4 is 10.6 Å². The van der Waals surface area contributed by atoms with Crippen molar-refractivity contribution in [3.8, 4) is 0 Å². The average Bonchev–Trinajstić information content (AvgIpc) is 2.53. The third-order valence-corrected chi connectivity index (χ3v) is 4.73. The molecule has 0 bridgehead atoms. The van der Waals surface area contributed by atoms with E-state index < -0.39 is 0 Å². The number of guanidine groups is 1. The van der Waals surface area contributed by atoms with E-state index in [2.05, 4.69) is 55.2 Å². The number of halogens is 1. The lowest BCUT2D eigenvalue weighted by Crippen LogP contribution is -2.52. The van der Waals surface area contributed by atoms with Crippen molar-refractivity contribution in [1.82, 2.24) is 20.4 Å². The fourth-order valence-corrected chi connectivity index (χ4v) is 2.75. The van der Waals surface area contributed by atoms with Gasteiger partial charge < -0.3 is 15.5 Å². The minimum atomic E-state index is 0. The summed E-state index contributed by atoms with van der Waals surface area (Å²) in [6.45, 7) is 16.4. The van der Waals surface area contributed by atoms with Crippen molar-refractivity contribution >= 4 is 29.9 Å². The van der Waals surface area contributed by atoms with Gasteiger partial charge in [-0.15, -0.1) is 24.0 Å². The third kappa shape index (κ3) is 9.10. The van der Waals surface area contributed by atoms with Crippen LogP contribution in [0.15, 0.2) is 4.99 Å². The van der Waals surface area contributed by atoms with E-state index in [1.54, 1.807) is 0 Å². The smallest absolute Gasteiger partial charge is 0.191 e. The minimum Gasteiger partial charge on any atom is -0.357 e. The van der Waals surface area contributed by atoms with Crippen LogP contribution in [0, 0.1) is 5.92 Å². The van der Waals surface area contributed by atoms with Crippen LogP contribution in [0.4, 0.5) is 0 Å². The molecule has 1 aliphatic rings. The van der Waals surface area contributed by atoms with Gasteiger partial charge in [0.15, 0.2) is 5.96 Å². The molecule has 0 radical (unpaired) electrons. The van der Waals surface area contributed by atoms with Gasteiger partial charge in [0.05, 0.1) is 0 Å². The fraction of sp³-hybridized carbons (Fsp3) is 0.941. The molecule has 1 fully saturated rings. The van der Waals surface area contributed by atoms with E-state index in [4.69, 9.17) is 4.99 Å². The van der Waals surface area contributed by atoms with Crippen molar-refractivity contribution in [2.75, 3.05) is 52.9 Å². The second kappa shape index (κ2) is 13.2. The Bertz CT molecular complexity index is 312. The highest BCUT2D eigenvalue weighted by Gasteiger charge is 2.19. The Morgan fingerprint density at radius 3 is 2.17 bits per heavy atom.